The number of fused-ring (bicyclic) bond motifs is 1. The van der Waals surface area contributed by atoms with Crippen LogP contribution in [-0.2, 0) is 26.2 Å². The maximum Gasteiger partial charge on any atom is 0.306 e. The lowest BCUT2D eigenvalue weighted by Crippen LogP contribution is -2.31. The molecule has 1 aromatic heterocycles. The van der Waals surface area contributed by atoms with Crippen LogP contribution in [0.5, 0.6) is 0 Å². The summed E-state index contributed by atoms with van der Waals surface area (Å²) in [5.74, 6) is -0.503. The van der Waals surface area contributed by atoms with Gasteiger partial charge in [-0.25, -0.2) is 4.68 Å². The Kier molecular flexibility index (Phi) is 5.87. The van der Waals surface area contributed by atoms with E-state index < -0.39 is 0 Å². The van der Waals surface area contributed by atoms with Crippen molar-refractivity contribution >= 4 is 11.9 Å². The fourth-order valence-electron chi connectivity index (χ4n) is 3.62. The quantitative estimate of drug-likeness (QED) is 0.801. The number of aromatic nitrogens is 2. The number of methoxy groups -OCH3 is 1. The van der Waals surface area contributed by atoms with E-state index in [1.165, 1.54) is 12.7 Å². The van der Waals surface area contributed by atoms with Crippen molar-refractivity contribution in [2.75, 3.05) is 7.11 Å². The molecule has 1 heterocycles. The van der Waals surface area contributed by atoms with Gasteiger partial charge in [-0.15, -0.1) is 0 Å². The topological polar surface area (TPSA) is 73.2 Å². The van der Waals surface area contributed by atoms with Crippen molar-refractivity contribution in [2.24, 2.45) is 0 Å². The molecule has 0 spiro atoms. The van der Waals surface area contributed by atoms with Crippen LogP contribution in [0.3, 0.4) is 0 Å². The first-order valence-electron chi connectivity index (χ1n) is 9.83. The average Bonchev–Trinajstić information content (AvgIpc) is 3.10. The minimum atomic E-state index is -0.369. The number of benzene rings is 1. The maximum absolute atomic E-state index is 12.2. The molecule has 0 saturated heterocycles. The third-order valence-electron chi connectivity index (χ3n) is 5.28. The summed E-state index contributed by atoms with van der Waals surface area (Å²) in [5, 5.41) is 7.64. The average molecular weight is 383 g/mol. The molecule has 2 aromatic rings. The van der Waals surface area contributed by atoms with Crippen molar-refractivity contribution in [2.45, 2.75) is 64.3 Å². The molecule has 6 nitrogen and oxygen atoms in total. The molecule has 0 radical (unpaired) electrons. The van der Waals surface area contributed by atoms with E-state index in [-0.39, 0.29) is 36.2 Å². The van der Waals surface area contributed by atoms with Crippen LogP contribution in [0.1, 0.15) is 69.3 Å². The number of hydrogen-bond acceptors (Lipinski definition) is 4. The molecule has 0 bridgehead atoms. The van der Waals surface area contributed by atoms with Gasteiger partial charge in [0.05, 0.1) is 31.5 Å². The molecule has 6 heteroatoms. The number of amides is 1. The van der Waals surface area contributed by atoms with E-state index in [2.05, 4.69) is 60.2 Å². The van der Waals surface area contributed by atoms with E-state index in [0.717, 1.165) is 36.2 Å². The van der Waals surface area contributed by atoms with Crippen LogP contribution in [0.4, 0.5) is 0 Å². The molecule has 3 rings (SSSR count). The Morgan fingerprint density at radius 1 is 1.21 bits per heavy atom. The monoisotopic (exact) mass is 383 g/mol. The Labute approximate surface area is 166 Å². The van der Waals surface area contributed by atoms with Gasteiger partial charge in [0, 0.05) is 17.7 Å². The summed E-state index contributed by atoms with van der Waals surface area (Å²) in [6.07, 6.45) is 4.90. The zero-order valence-electron chi connectivity index (χ0n) is 17.1. The SMILES string of the molecule is COC(=O)CCC(=O)N[C@@H]1CCCc2c1cnn2-c1ccc(C(C)(C)C)cc1. The van der Waals surface area contributed by atoms with E-state index in [1.807, 2.05) is 10.9 Å². The molecule has 1 aromatic carbocycles. The van der Waals surface area contributed by atoms with Gasteiger partial charge in [0.1, 0.15) is 0 Å². The van der Waals surface area contributed by atoms with Gasteiger partial charge >= 0.3 is 5.97 Å². The number of carbonyl (C=O) groups is 2. The highest BCUT2D eigenvalue weighted by Crippen LogP contribution is 2.31. The number of carbonyl (C=O) groups excluding carboxylic acids is 2. The van der Waals surface area contributed by atoms with Gasteiger partial charge in [-0.1, -0.05) is 32.9 Å². The Morgan fingerprint density at radius 2 is 1.93 bits per heavy atom. The van der Waals surface area contributed by atoms with Crippen LogP contribution in [0.25, 0.3) is 5.69 Å². The second kappa shape index (κ2) is 8.17. The zero-order valence-corrected chi connectivity index (χ0v) is 17.1. The van der Waals surface area contributed by atoms with Crippen molar-refractivity contribution in [3.05, 3.63) is 47.3 Å². The number of nitrogens with one attached hydrogen (secondary N) is 1. The minimum Gasteiger partial charge on any atom is -0.469 e. The molecule has 1 aliphatic carbocycles. The Balaban J connectivity index is 1.75. The molecule has 0 aliphatic heterocycles. The normalized spacial score (nSPS) is 16.4. The van der Waals surface area contributed by atoms with Crippen LogP contribution in [0, 0.1) is 0 Å². The number of hydrogen-bond donors (Lipinski definition) is 1. The third kappa shape index (κ3) is 4.43. The number of esters is 1. The lowest BCUT2D eigenvalue weighted by molar-refractivity contribution is -0.142. The maximum atomic E-state index is 12.2. The summed E-state index contributed by atoms with van der Waals surface area (Å²) in [7, 11) is 1.33. The summed E-state index contributed by atoms with van der Waals surface area (Å²) in [6.45, 7) is 6.60. The lowest BCUT2D eigenvalue weighted by Gasteiger charge is -2.24. The molecular weight excluding hydrogens is 354 g/mol. The molecule has 1 aliphatic rings. The smallest absolute Gasteiger partial charge is 0.306 e. The fourth-order valence-corrected chi connectivity index (χ4v) is 3.62. The van der Waals surface area contributed by atoms with Crippen molar-refractivity contribution < 1.29 is 14.3 Å². The first-order chi connectivity index (χ1) is 13.3. The zero-order chi connectivity index (χ0) is 20.3. The highest BCUT2D eigenvalue weighted by molar-refractivity contribution is 5.81. The number of nitrogens with zero attached hydrogens (tertiary/aromatic N) is 2. The van der Waals surface area contributed by atoms with Gasteiger partial charge in [0.25, 0.3) is 0 Å². The standard InChI is InChI=1S/C22H29N3O3/c1-22(2,3)15-8-10-16(11-9-15)25-19-7-5-6-18(17(19)14-23-25)24-20(26)12-13-21(27)28-4/h8-11,14,18H,5-7,12-13H2,1-4H3,(H,24,26)/t18-/m1/s1. The summed E-state index contributed by atoms with van der Waals surface area (Å²) in [6, 6.07) is 8.45. The molecule has 0 fully saturated rings. The molecule has 0 unspecified atom stereocenters. The molecule has 1 atom stereocenters. The first kappa shape index (κ1) is 20.1. The molecule has 0 saturated carbocycles. The molecule has 150 valence electrons. The van der Waals surface area contributed by atoms with E-state index in [0.29, 0.717) is 0 Å². The van der Waals surface area contributed by atoms with E-state index >= 15 is 0 Å². The van der Waals surface area contributed by atoms with E-state index in [9.17, 15) is 9.59 Å². The number of rotatable bonds is 5. The van der Waals surface area contributed by atoms with Gasteiger partial charge in [0.2, 0.25) is 5.91 Å². The minimum absolute atomic E-state index is 0.0588. The first-order valence-corrected chi connectivity index (χ1v) is 9.83. The van der Waals surface area contributed by atoms with Gasteiger partial charge in [-0.2, -0.15) is 5.10 Å². The molecule has 1 N–H and O–H groups in total. The van der Waals surface area contributed by atoms with Crippen molar-refractivity contribution in [3.8, 4) is 5.69 Å². The number of ether oxygens (including phenoxy) is 1. The van der Waals surface area contributed by atoms with Crippen LogP contribution in [0.2, 0.25) is 0 Å². The molecule has 28 heavy (non-hydrogen) atoms. The molecule has 1 amide bonds. The predicted octanol–water partition coefficient (Wildman–Crippen LogP) is 3.62. The van der Waals surface area contributed by atoms with Crippen LogP contribution in [0.15, 0.2) is 30.5 Å². The highest BCUT2D eigenvalue weighted by Gasteiger charge is 2.26. The Hall–Kier alpha value is -2.63. The second-order valence-corrected chi connectivity index (χ2v) is 8.34. The van der Waals surface area contributed by atoms with Crippen molar-refractivity contribution in [1.82, 2.24) is 15.1 Å². The predicted molar refractivity (Wildman–Crippen MR) is 107 cm³/mol. The van der Waals surface area contributed by atoms with Gasteiger partial charge in [0.15, 0.2) is 0 Å². The Morgan fingerprint density at radius 3 is 2.57 bits per heavy atom. The summed E-state index contributed by atoms with van der Waals surface area (Å²) in [4.78, 5) is 23.4. The summed E-state index contributed by atoms with van der Waals surface area (Å²) >= 11 is 0. The van der Waals surface area contributed by atoms with Gasteiger partial charge in [-0.05, 0) is 42.4 Å². The third-order valence-corrected chi connectivity index (χ3v) is 5.28. The fraction of sp³-hybridized carbons (Fsp3) is 0.500. The highest BCUT2D eigenvalue weighted by atomic mass is 16.5. The van der Waals surface area contributed by atoms with Crippen LogP contribution in [-0.4, -0.2) is 28.8 Å². The summed E-state index contributed by atoms with van der Waals surface area (Å²) in [5.41, 5.74) is 4.65. The van der Waals surface area contributed by atoms with Gasteiger partial charge < -0.3 is 10.1 Å². The van der Waals surface area contributed by atoms with Crippen molar-refractivity contribution in [1.29, 1.82) is 0 Å². The Bertz CT molecular complexity index is 847. The van der Waals surface area contributed by atoms with Crippen LogP contribution >= 0.6 is 0 Å². The van der Waals surface area contributed by atoms with Gasteiger partial charge in [-0.3, -0.25) is 9.59 Å². The summed E-state index contributed by atoms with van der Waals surface area (Å²) < 4.78 is 6.58. The lowest BCUT2D eigenvalue weighted by atomic mass is 9.87. The van der Waals surface area contributed by atoms with Crippen LogP contribution < -0.4 is 5.32 Å². The largest absolute Gasteiger partial charge is 0.469 e. The van der Waals surface area contributed by atoms with E-state index in [4.69, 9.17) is 0 Å². The van der Waals surface area contributed by atoms with Crippen molar-refractivity contribution in [3.63, 3.8) is 0 Å². The molecular formula is C22H29N3O3. The van der Waals surface area contributed by atoms with E-state index in [1.54, 1.807) is 0 Å². The second-order valence-electron chi connectivity index (χ2n) is 8.34.